The molecular weight excluding hydrogens is 402 g/mol. The van der Waals surface area contributed by atoms with Crippen LogP contribution in [0, 0.1) is 0 Å². The van der Waals surface area contributed by atoms with Gasteiger partial charge in [0.05, 0.1) is 30.4 Å². The quantitative estimate of drug-likeness (QED) is 0.377. The van der Waals surface area contributed by atoms with Crippen molar-refractivity contribution >= 4 is 33.3 Å². The van der Waals surface area contributed by atoms with Crippen LogP contribution in [0.2, 0.25) is 0 Å². The number of para-hydroxylation sites is 1. The predicted molar refractivity (Wildman–Crippen MR) is 128 cm³/mol. The lowest BCUT2D eigenvalue weighted by Crippen LogP contribution is -2.31. The second-order valence-corrected chi connectivity index (χ2v) is 8.22. The molecule has 0 spiro atoms. The molecule has 166 valence electrons. The van der Waals surface area contributed by atoms with E-state index in [0.29, 0.717) is 12.4 Å². The number of methoxy groups -OCH3 is 1. The summed E-state index contributed by atoms with van der Waals surface area (Å²) in [5.41, 5.74) is 2.82. The van der Waals surface area contributed by atoms with Gasteiger partial charge in [0.2, 0.25) is 0 Å². The molecule has 2 aromatic heterocycles. The number of piperidine rings is 1. The minimum absolute atomic E-state index is 0.656. The first-order valence-electron chi connectivity index (χ1n) is 11.3. The molecule has 0 amide bonds. The number of fused-ring (bicyclic) bond motifs is 2. The van der Waals surface area contributed by atoms with Gasteiger partial charge in [-0.05, 0) is 50.6 Å². The summed E-state index contributed by atoms with van der Waals surface area (Å²) < 4.78 is 11.7. The third-order valence-electron chi connectivity index (χ3n) is 6.09. The number of nitrogens with one attached hydrogen (secondary N) is 2. The molecular formula is C25H29N5O2. The molecule has 7 nitrogen and oxygen atoms in total. The molecule has 32 heavy (non-hydrogen) atoms. The summed E-state index contributed by atoms with van der Waals surface area (Å²) in [4.78, 5) is 14.8. The van der Waals surface area contributed by atoms with Crippen LogP contribution >= 0.6 is 0 Å². The molecule has 1 saturated heterocycles. The highest BCUT2D eigenvalue weighted by molar-refractivity contribution is 5.97. The Kier molecular flexibility index (Phi) is 6.07. The summed E-state index contributed by atoms with van der Waals surface area (Å²) in [5.74, 6) is 2.13. The molecule has 3 heterocycles. The molecule has 1 aliphatic rings. The van der Waals surface area contributed by atoms with Crippen molar-refractivity contribution < 1.29 is 9.47 Å². The Hall–Kier alpha value is -3.32. The summed E-state index contributed by atoms with van der Waals surface area (Å²) in [6, 6.07) is 12.1. The van der Waals surface area contributed by atoms with Gasteiger partial charge in [-0.2, -0.15) is 0 Å². The fraction of sp³-hybridized carbons (Fsp3) is 0.360. The molecule has 0 aliphatic carbocycles. The molecule has 4 aromatic rings. The molecule has 0 unspecified atom stereocenters. The van der Waals surface area contributed by atoms with E-state index in [9.17, 15) is 0 Å². The monoisotopic (exact) mass is 431 g/mol. The Morgan fingerprint density at radius 1 is 1.06 bits per heavy atom. The number of rotatable bonds is 8. The minimum atomic E-state index is 0.656. The highest BCUT2D eigenvalue weighted by Crippen LogP contribution is 2.35. The molecule has 0 bridgehead atoms. The topological polar surface area (TPSA) is 75.3 Å². The van der Waals surface area contributed by atoms with Gasteiger partial charge in [0, 0.05) is 29.6 Å². The maximum Gasteiger partial charge on any atom is 0.163 e. The summed E-state index contributed by atoms with van der Waals surface area (Å²) >= 11 is 0. The first kappa shape index (κ1) is 20.6. The highest BCUT2D eigenvalue weighted by Gasteiger charge is 2.14. The average molecular weight is 432 g/mol. The molecule has 1 aliphatic heterocycles. The molecule has 0 atom stereocenters. The van der Waals surface area contributed by atoms with E-state index in [2.05, 4.69) is 37.3 Å². The predicted octanol–water partition coefficient (Wildman–Crippen LogP) is 5.12. The van der Waals surface area contributed by atoms with Crippen LogP contribution in [0.25, 0.3) is 21.8 Å². The number of hydrogen-bond acceptors (Lipinski definition) is 6. The average Bonchev–Trinajstić information content (AvgIpc) is 3.32. The Morgan fingerprint density at radius 3 is 2.84 bits per heavy atom. The van der Waals surface area contributed by atoms with E-state index in [1.54, 1.807) is 13.4 Å². The Balaban J connectivity index is 1.34. The van der Waals surface area contributed by atoms with Gasteiger partial charge in [0.1, 0.15) is 12.1 Å². The summed E-state index contributed by atoms with van der Waals surface area (Å²) in [6.07, 6.45) is 8.50. The van der Waals surface area contributed by atoms with E-state index in [1.165, 1.54) is 32.4 Å². The first-order chi connectivity index (χ1) is 15.8. The Labute approximate surface area is 187 Å². The number of H-pyrrole nitrogens is 1. The number of likely N-dealkylation sites (tertiary alicyclic amines) is 1. The van der Waals surface area contributed by atoms with Crippen LogP contribution in [0.1, 0.15) is 25.7 Å². The van der Waals surface area contributed by atoms with E-state index in [0.717, 1.165) is 52.0 Å². The van der Waals surface area contributed by atoms with Crippen molar-refractivity contribution in [2.75, 3.05) is 38.7 Å². The van der Waals surface area contributed by atoms with Crippen molar-refractivity contribution in [3.05, 3.63) is 48.9 Å². The van der Waals surface area contributed by atoms with Crippen LogP contribution in [0.15, 0.2) is 48.9 Å². The maximum atomic E-state index is 6.10. The Bertz CT molecular complexity index is 1200. The molecule has 1 fully saturated rings. The van der Waals surface area contributed by atoms with Gasteiger partial charge in [0.25, 0.3) is 0 Å². The van der Waals surface area contributed by atoms with Crippen molar-refractivity contribution in [2.24, 2.45) is 0 Å². The lowest BCUT2D eigenvalue weighted by atomic mass is 10.1. The second-order valence-electron chi connectivity index (χ2n) is 8.22. The molecule has 0 saturated carbocycles. The SMILES string of the molecule is COc1cc2c(Nc3cccc4cc[nH]c34)ncnc2cc1OCCCN1CCCCC1. The third-order valence-corrected chi connectivity index (χ3v) is 6.09. The van der Waals surface area contributed by atoms with Gasteiger partial charge < -0.3 is 24.7 Å². The van der Waals surface area contributed by atoms with Gasteiger partial charge in [-0.3, -0.25) is 0 Å². The summed E-state index contributed by atoms with van der Waals surface area (Å²) in [5, 5.41) is 5.48. The normalized spacial score (nSPS) is 14.7. The smallest absolute Gasteiger partial charge is 0.163 e. The van der Waals surface area contributed by atoms with Crippen molar-refractivity contribution in [3.63, 3.8) is 0 Å². The zero-order valence-electron chi connectivity index (χ0n) is 18.4. The molecule has 2 N–H and O–H groups in total. The minimum Gasteiger partial charge on any atom is -0.493 e. The van der Waals surface area contributed by atoms with Crippen molar-refractivity contribution in [1.29, 1.82) is 0 Å². The zero-order chi connectivity index (χ0) is 21.8. The van der Waals surface area contributed by atoms with Crippen LogP contribution in [0.3, 0.4) is 0 Å². The number of ether oxygens (including phenoxy) is 2. The van der Waals surface area contributed by atoms with Gasteiger partial charge in [-0.15, -0.1) is 0 Å². The van der Waals surface area contributed by atoms with Crippen LogP contribution < -0.4 is 14.8 Å². The summed E-state index contributed by atoms with van der Waals surface area (Å²) in [7, 11) is 1.67. The summed E-state index contributed by atoms with van der Waals surface area (Å²) in [6.45, 7) is 4.16. The van der Waals surface area contributed by atoms with Crippen LogP contribution in [0.4, 0.5) is 11.5 Å². The van der Waals surface area contributed by atoms with E-state index in [-0.39, 0.29) is 0 Å². The second kappa shape index (κ2) is 9.44. The van der Waals surface area contributed by atoms with Crippen molar-refractivity contribution in [3.8, 4) is 11.5 Å². The lowest BCUT2D eigenvalue weighted by molar-refractivity contribution is 0.203. The van der Waals surface area contributed by atoms with Gasteiger partial charge in [-0.25, -0.2) is 9.97 Å². The number of anilines is 2. The number of hydrogen-bond donors (Lipinski definition) is 2. The number of aromatic amines is 1. The van der Waals surface area contributed by atoms with Gasteiger partial charge >= 0.3 is 0 Å². The molecule has 2 aromatic carbocycles. The van der Waals surface area contributed by atoms with Crippen molar-refractivity contribution in [1.82, 2.24) is 19.9 Å². The van der Waals surface area contributed by atoms with Crippen LogP contribution in [-0.2, 0) is 0 Å². The molecule has 7 heteroatoms. The lowest BCUT2D eigenvalue weighted by Gasteiger charge is -2.26. The standard InChI is InChI=1S/C25H29N5O2/c1-31-22-15-19-21(16-23(22)32-14-6-13-30-11-3-2-4-12-30)27-17-28-25(19)29-20-8-5-7-18-9-10-26-24(18)20/h5,7-10,15-17,26H,2-4,6,11-14H2,1H3,(H,27,28,29). The fourth-order valence-electron chi connectivity index (χ4n) is 4.41. The van der Waals surface area contributed by atoms with Crippen LogP contribution in [0.5, 0.6) is 11.5 Å². The van der Waals surface area contributed by atoms with E-state index in [1.807, 2.05) is 30.5 Å². The van der Waals surface area contributed by atoms with Gasteiger partial charge in [0.15, 0.2) is 11.5 Å². The zero-order valence-corrected chi connectivity index (χ0v) is 18.4. The molecule has 5 rings (SSSR count). The highest BCUT2D eigenvalue weighted by atomic mass is 16.5. The van der Waals surface area contributed by atoms with E-state index < -0.39 is 0 Å². The third kappa shape index (κ3) is 4.34. The van der Waals surface area contributed by atoms with E-state index >= 15 is 0 Å². The maximum absolute atomic E-state index is 6.10. The van der Waals surface area contributed by atoms with Crippen molar-refractivity contribution in [2.45, 2.75) is 25.7 Å². The fourth-order valence-corrected chi connectivity index (χ4v) is 4.41. The largest absolute Gasteiger partial charge is 0.493 e. The number of benzene rings is 2. The molecule has 0 radical (unpaired) electrons. The van der Waals surface area contributed by atoms with E-state index in [4.69, 9.17) is 9.47 Å². The number of nitrogens with zero attached hydrogens (tertiary/aromatic N) is 3. The Morgan fingerprint density at radius 2 is 1.97 bits per heavy atom. The first-order valence-corrected chi connectivity index (χ1v) is 11.3. The van der Waals surface area contributed by atoms with Crippen LogP contribution in [-0.4, -0.2) is 53.2 Å². The van der Waals surface area contributed by atoms with Gasteiger partial charge in [-0.1, -0.05) is 18.6 Å². The number of aromatic nitrogens is 3.